The quantitative estimate of drug-likeness (QED) is 0.741. The van der Waals surface area contributed by atoms with Crippen molar-refractivity contribution in [3.05, 3.63) is 0 Å². The van der Waals surface area contributed by atoms with Crippen LogP contribution < -0.4 is 10.6 Å². The first-order valence-corrected chi connectivity index (χ1v) is 8.31. The van der Waals surface area contributed by atoms with E-state index in [0.29, 0.717) is 18.5 Å². The fraction of sp³-hybridized carbons (Fsp3) is 0.923. The minimum absolute atomic E-state index is 0.167. The second kappa shape index (κ2) is 8.09. The number of nitrogens with one attached hydrogen (secondary N) is 2. The first kappa shape index (κ1) is 15.1. The van der Waals surface area contributed by atoms with Crippen molar-refractivity contribution < 1.29 is 9.53 Å². The van der Waals surface area contributed by atoms with Crippen molar-refractivity contribution in [2.24, 2.45) is 0 Å². The molecule has 0 aliphatic carbocycles. The van der Waals surface area contributed by atoms with Crippen molar-refractivity contribution in [3.63, 3.8) is 0 Å². The summed E-state index contributed by atoms with van der Waals surface area (Å²) in [5.41, 5.74) is 0. The smallest absolute Gasteiger partial charge is 0.221 e. The van der Waals surface area contributed by atoms with E-state index in [1.54, 1.807) is 0 Å². The van der Waals surface area contributed by atoms with Crippen molar-refractivity contribution in [2.45, 2.75) is 25.4 Å². The molecule has 0 aromatic heterocycles. The standard InChI is InChI=1S/C13H25N3O2S/c1-11(16-3-5-18-6-4-16)9-15-13(17)8-12-10-19-7-2-14-12/h11-12,14H,2-10H2,1H3,(H,15,17). The van der Waals surface area contributed by atoms with E-state index in [4.69, 9.17) is 4.74 Å². The SMILES string of the molecule is CC(CNC(=O)CC1CSCCN1)N1CCOCC1. The molecule has 0 aromatic carbocycles. The molecule has 2 unspecified atom stereocenters. The summed E-state index contributed by atoms with van der Waals surface area (Å²) < 4.78 is 5.34. The van der Waals surface area contributed by atoms with Gasteiger partial charge in [-0.2, -0.15) is 11.8 Å². The fourth-order valence-corrected chi connectivity index (χ4v) is 3.40. The molecule has 6 heteroatoms. The van der Waals surface area contributed by atoms with Gasteiger partial charge >= 0.3 is 0 Å². The molecule has 2 atom stereocenters. The lowest BCUT2D eigenvalue weighted by molar-refractivity contribution is -0.121. The molecule has 2 rings (SSSR count). The van der Waals surface area contributed by atoms with E-state index in [1.165, 1.54) is 0 Å². The van der Waals surface area contributed by atoms with Crippen molar-refractivity contribution in [2.75, 3.05) is 50.9 Å². The van der Waals surface area contributed by atoms with Gasteiger partial charge in [0, 0.05) is 56.2 Å². The van der Waals surface area contributed by atoms with Gasteiger partial charge in [-0.25, -0.2) is 0 Å². The van der Waals surface area contributed by atoms with Gasteiger partial charge in [-0.15, -0.1) is 0 Å². The molecule has 0 spiro atoms. The predicted molar refractivity (Wildman–Crippen MR) is 78.6 cm³/mol. The normalized spacial score (nSPS) is 26.9. The molecule has 5 nitrogen and oxygen atoms in total. The molecule has 1 amide bonds. The van der Waals surface area contributed by atoms with Crippen LogP contribution in [0.2, 0.25) is 0 Å². The number of amides is 1. The number of hydrogen-bond acceptors (Lipinski definition) is 5. The van der Waals surface area contributed by atoms with Gasteiger partial charge in [0.05, 0.1) is 13.2 Å². The number of morpholine rings is 1. The molecular weight excluding hydrogens is 262 g/mol. The highest BCUT2D eigenvalue weighted by Gasteiger charge is 2.19. The van der Waals surface area contributed by atoms with Gasteiger partial charge < -0.3 is 15.4 Å². The van der Waals surface area contributed by atoms with Crippen LogP contribution in [-0.2, 0) is 9.53 Å². The van der Waals surface area contributed by atoms with E-state index < -0.39 is 0 Å². The van der Waals surface area contributed by atoms with Crippen LogP contribution in [0.3, 0.4) is 0 Å². The van der Waals surface area contributed by atoms with Crippen LogP contribution in [0.1, 0.15) is 13.3 Å². The van der Waals surface area contributed by atoms with E-state index in [9.17, 15) is 4.79 Å². The summed E-state index contributed by atoms with van der Waals surface area (Å²) in [6.07, 6.45) is 0.600. The Morgan fingerprint density at radius 1 is 1.53 bits per heavy atom. The molecule has 2 aliphatic rings. The van der Waals surface area contributed by atoms with Crippen molar-refractivity contribution in [3.8, 4) is 0 Å². The van der Waals surface area contributed by atoms with Crippen LogP contribution in [0.15, 0.2) is 0 Å². The van der Waals surface area contributed by atoms with Crippen LogP contribution in [0, 0.1) is 0 Å². The van der Waals surface area contributed by atoms with Gasteiger partial charge in [0.2, 0.25) is 5.91 Å². The van der Waals surface area contributed by atoms with Crippen LogP contribution in [0.4, 0.5) is 0 Å². The fourth-order valence-electron chi connectivity index (χ4n) is 2.46. The van der Waals surface area contributed by atoms with E-state index in [0.717, 1.165) is 50.9 Å². The zero-order valence-corrected chi connectivity index (χ0v) is 12.5. The number of rotatable bonds is 5. The third-order valence-corrected chi connectivity index (χ3v) is 4.82. The second-order valence-corrected chi connectivity index (χ2v) is 6.38. The highest BCUT2D eigenvalue weighted by atomic mass is 32.2. The maximum absolute atomic E-state index is 11.9. The topological polar surface area (TPSA) is 53.6 Å². The van der Waals surface area contributed by atoms with Crippen LogP contribution >= 0.6 is 11.8 Å². The first-order chi connectivity index (χ1) is 9.25. The Morgan fingerprint density at radius 2 is 2.32 bits per heavy atom. The molecule has 19 heavy (non-hydrogen) atoms. The average molecular weight is 287 g/mol. The van der Waals surface area contributed by atoms with Crippen LogP contribution in [0.25, 0.3) is 0 Å². The van der Waals surface area contributed by atoms with Gasteiger partial charge in [0.15, 0.2) is 0 Å². The Hall–Kier alpha value is -0.300. The lowest BCUT2D eigenvalue weighted by Gasteiger charge is -2.32. The number of thioether (sulfide) groups is 1. The maximum Gasteiger partial charge on any atom is 0.221 e. The Bertz CT molecular complexity index is 279. The third-order valence-electron chi connectivity index (χ3n) is 3.69. The Kier molecular flexibility index (Phi) is 6.43. The minimum atomic E-state index is 0.167. The number of carbonyl (C=O) groups is 1. The molecule has 2 heterocycles. The van der Waals surface area contributed by atoms with Crippen molar-refractivity contribution in [1.82, 2.24) is 15.5 Å². The van der Waals surface area contributed by atoms with Gasteiger partial charge in [0.1, 0.15) is 0 Å². The molecule has 110 valence electrons. The van der Waals surface area contributed by atoms with E-state index in [1.807, 2.05) is 11.8 Å². The van der Waals surface area contributed by atoms with Crippen molar-refractivity contribution >= 4 is 17.7 Å². The second-order valence-electron chi connectivity index (χ2n) is 5.23. The largest absolute Gasteiger partial charge is 0.379 e. The van der Waals surface area contributed by atoms with E-state index >= 15 is 0 Å². The zero-order valence-electron chi connectivity index (χ0n) is 11.7. The van der Waals surface area contributed by atoms with E-state index in [-0.39, 0.29) is 5.91 Å². The molecule has 2 fully saturated rings. The molecule has 0 aromatic rings. The number of nitrogens with zero attached hydrogens (tertiary/aromatic N) is 1. The van der Waals surface area contributed by atoms with Gasteiger partial charge in [0.25, 0.3) is 0 Å². The van der Waals surface area contributed by atoms with Gasteiger partial charge in [-0.3, -0.25) is 9.69 Å². The highest BCUT2D eigenvalue weighted by molar-refractivity contribution is 7.99. The Balaban J connectivity index is 1.61. The summed E-state index contributed by atoms with van der Waals surface area (Å²) in [6.45, 7) is 7.48. The van der Waals surface area contributed by atoms with Gasteiger partial charge in [-0.05, 0) is 6.92 Å². The Labute approximate surface area is 119 Å². The first-order valence-electron chi connectivity index (χ1n) is 7.15. The van der Waals surface area contributed by atoms with Gasteiger partial charge in [-0.1, -0.05) is 0 Å². The zero-order chi connectivity index (χ0) is 13.5. The summed E-state index contributed by atoms with van der Waals surface area (Å²) in [4.78, 5) is 14.3. The van der Waals surface area contributed by atoms with Crippen LogP contribution in [0.5, 0.6) is 0 Å². The lowest BCUT2D eigenvalue weighted by Crippen LogP contribution is -2.48. The summed E-state index contributed by atoms with van der Waals surface area (Å²) in [5.74, 6) is 2.37. The maximum atomic E-state index is 11.9. The van der Waals surface area contributed by atoms with Crippen LogP contribution in [-0.4, -0.2) is 73.8 Å². The molecule has 2 saturated heterocycles. The number of hydrogen-bond donors (Lipinski definition) is 2. The lowest BCUT2D eigenvalue weighted by atomic mass is 10.2. The summed E-state index contributed by atoms with van der Waals surface area (Å²) in [6, 6.07) is 0.735. The molecule has 2 N–H and O–H groups in total. The molecular formula is C13H25N3O2S. The highest BCUT2D eigenvalue weighted by Crippen LogP contribution is 2.10. The minimum Gasteiger partial charge on any atom is -0.379 e. The summed E-state index contributed by atoms with van der Waals surface area (Å²) in [5, 5.41) is 6.45. The summed E-state index contributed by atoms with van der Waals surface area (Å²) in [7, 11) is 0. The summed E-state index contributed by atoms with van der Waals surface area (Å²) >= 11 is 1.93. The molecule has 0 radical (unpaired) electrons. The number of ether oxygens (including phenoxy) is 1. The third kappa shape index (κ3) is 5.30. The molecule has 0 saturated carbocycles. The van der Waals surface area contributed by atoms with E-state index in [2.05, 4.69) is 22.5 Å². The van der Waals surface area contributed by atoms with Crippen molar-refractivity contribution in [1.29, 1.82) is 0 Å². The Morgan fingerprint density at radius 3 is 3.00 bits per heavy atom. The predicted octanol–water partition coefficient (Wildman–Crippen LogP) is -0.0816. The molecule has 0 bridgehead atoms. The average Bonchev–Trinajstić information content (AvgIpc) is 2.47. The monoisotopic (exact) mass is 287 g/mol. The molecule has 2 aliphatic heterocycles. The number of carbonyl (C=O) groups excluding carboxylic acids is 1.